The van der Waals surface area contributed by atoms with Crippen LogP contribution in [0.25, 0.3) is 5.65 Å². The quantitative estimate of drug-likeness (QED) is 0.374. The van der Waals surface area contributed by atoms with Gasteiger partial charge in [-0.15, -0.1) is 24.0 Å². The summed E-state index contributed by atoms with van der Waals surface area (Å²) in [5, 5.41) is 3.13. The van der Waals surface area contributed by atoms with Gasteiger partial charge in [0.05, 0.1) is 12.2 Å². The molecule has 24 heavy (non-hydrogen) atoms. The number of guanidine groups is 1. The van der Waals surface area contributed by atoms with Crippen molar-refractivity contribution in [2.24, 2.45) is 10.7 Å². The molecular weight excluding hydrogens is 413 g/mol. The number of aromatic nitrogens is 2. The van der Waals surface area contributed by atoms with Crippen LogP contribution in [-0.2, 0) is 6.54 Å². The van der Waals surface area contributed by atoms with Gasteiger partial charge in [0.1, 0.15) is 5.65 Å². The maximum Gasteiger partial charge on any atom is 0.193 e. The second-order valence-electron chi connectivity index (χ2n) is 5.83. The smallest absolute Gasteiger partial charge is 0.193 e. The second-order valence-corrected chi connectivity index (χ2v) is 5.83. The minimum absolute atomic E-state index is 0. The van der Waals surface area contributed by atoms with E-state index in [2.05, 4.69) is 52.6 Å². The Morgan fingerprint density at radius 1 is 1.17 bits per heavy atom. The first-order valence-electron chi connectivity index (χ1n) is 7.60. The number of pyridine rings is 1. The molecule has 0 aliphatic carbocycles. The first-order valence-corrected chi connectivity index (χ1v) is 7.60. The van der Waals surface area contributed by atoms with Crippen LogP contribution in [0.3, 0.4) is 0 Å². The first-order chi connectivity index (χ1) is 11.0. The number of hydrogen-bond donors (Lipinski definition) is 2. The molecule has 3 rings (SSSR count). The molecule has 0 atom stereocenters. The SMILES string of the molecule is Cc1cc(C)cc(NC(N)=NCc2cn3c(C)cccc3n2)c1.I. The molecule has 0 aliphatic heterocycles. The summed E-state index contributed by atoms with van der Waals surface area (Å²) in [6.07, 6.45) is 2.00. The number of aryl methyl sites for hydroxylation is 3. The number of fused-ring (bicyclic) bond motifs is 1. The monoisotopic (exact) mass is 435 g/mol. The highest BCUT2D eigenvalue weighted by Crippen LogP contribution is 2.13. The van der Waals surface area contributed by atoms with Gasteiger partial charge in [-0.2, -0.15) is 0 Å². The minimum atomic E-state index is 0. The molecule has 126 valence electrons. The molecule has 0 bridgehead atoms. The van der Waals surface area contributed by atoms with Crippen molar-refractivity contribution in [2.45, 2.75) is 27.3 Å². The van der Waals surface area contributed by atoms with Gasteiger partial charge in [0, 0.05) is 17.6 Å². The summed E-state index contributed by atoms with van der Waals surface area (Å²) in [5.41, 5.74) is 12.3. The number of anilines is 1. The maximum atomic E-state index is 5.98. The number of benzene rings is 1. The fraction of sp³-hybridized carbons (Fsp3) is 0.222. The Morgan fingerprint density at radius 3 is 2.54 bits per heavy atom. The van der Waals surface area contributed by atoms with E-state index >= 15 is 0 Å². The van der Waals surface area contributed by atoms with E-state index in [0.29, 0.717) is 12.5 Å². The largest absolute Gasteiger partial charge is 0.370 e. The molecule has 5 nitrogen and oxygen atoms in total. The van der Waals surface area contributed by atoms with Gasteiger partial charge in [-0.05, 0) is 56.2 Å². The number of rotatable bonds is 3. The number of nitrogens with two attached hydrogens (primary N) is 1. The Morgan fingerprint density at radius 2 is 1.88 bits per heavy atom. The van der Waals surface area contributed by atoms with E-state index in [9.17, 15) is 0 Å². The molecule has 0 amide bonds. The molecule has 0 aliphatic rings. The topological polar surface area (TPSA) is 67.7 Å². The fourth-order valence-corrected chi connectivity index (χ4v) is 2.68. The van der Waals surface area contributed by atoms with Crippen LogP contribution in [0.15, 0.2) is 47.6 Å². The van der Waals surface area contributed by atoms with E-state index in [1.807, 2.05) is 30.5 Å². The van der Waals surface area contributed by atoms with Gasteiger partial charge >= 0.3 is 0 Å². The van der Waals surface area contributed by atoms with Crippen molar-refractivity contribution in [2.75, 3.05) is 5.32 Å². The molecule has 0 unspecified atom stereocenters. The Kier molecular flexibility index (Phi) is 5.82. The average molecular weight is 435 g/mol. The summed E-state index contributed by atoms with van der Waals surface area (Å²) >= 11 is 0. The third-order valence-corrected chi connectivity index (χ3v) is 3.65. The normalized spacial score (nSPS) is 11.4. The molecule has 2 aromatic heterocycles. The molecule has 6 heteroatoms. The standard InChI is InChI=1S/C18H21N5.HI/c1-12-7-13(2)9-15(8-12)22-18(19)20-10-16-11-23-14(3)5-4-6-17(23)21-16;/h4-9,11H,10H2,1-3H3,(H3,19,20,22);1H. The number of nitrogens with zero attached hydrogens (tertiary/aromatic N) is 3. The molecule has 0 fully saturated rings. The van der Waals surface area contributed by atoms with E-state index in [0.717, 1.165) is 22.7 Å². The predicted octanol–water partition coefficient (Wildman–Crippen LogP) is 3.80. The number of hydrogen-bond acceptors (Lipinski definition) is 2. The molecule has 1 aromatic carbocycles. The van der Waals surface area contributed by atoms with E-state index in [4.69, 9.17) is 5.73 Å². The van der Waals surface area contributed by atoms with Gasteiger partial charge < -0.3 is 15.5 Å². The van der Waals surface area contributed by atoms with Crippen LogP contribution < -0.4 is 11.1 Å². The van der Waals surface area contributed by atoms with Crippen LogP contribution in [0.2, 0.25) is 0 Å². The molecule has 0 saturated heterocycles. The summed E-state index contributed by atoms with van der Waals surface area (Å²) in [6.45, 7) is 6.62. The number of halogens is 1. The van der Waals surface area contributed by atoms with Crippen molar-refractivity contribution in [1.29, 1.82) is 0 Å². The molecule has 3 N–H and O–H groups in total. The Bertz CT molecular complexity index is 862. The molecule has 0 spiro atoms. The molecular formula is C18H22IN5. The van der Waals surface area contributed by atoms with E-state index in [-0.39, 0.29) is 24.0 Å². The zero-order chi connectivity index (χ0) is 16.4. The highest BCUT2D eigenvalue weighted by Gasteiger charge is 2.03. The summed E-state index contributed by atoms with van der Waals surface area (Å²) < 4.78 is 2.05. The lowest BCUT2D eigenvalue weighted by molar-refractivity contribution is 1.00. The lowest BCUT2D eigenvalue weighted by atomic mass is 10.1. The lowest BCUT2D eigenvalue weighted by Gasteiger charge is -2.07. The summed E-state index contributed by atoms with van der Waals surface area (Å²) in [7, 11) is 0. The summed E-state index contributed by atoms with van der Waals surface area (Å²) in [5.74, 6) is 0.392. The molecule has 0 radical (unpaired) electrons. The fourth-order valence-electron chi connectivity index (χ4n) is 2.68. The molecule has 3 aromatic rings. The van der Waals surface area contributed by atoms with E-state index in [1.165, 1.54) is 11.1 Å². The van der Waals surface area contributed by atoms with Gasteiger partial charge in [-0.25, -0.2) is 9.98 Å². The van der Waals surface area contributed by atoms with Crippen LogP contribution in [0.1, 0.15) is 22.5 Å². The van der Waals surface area contributed by atoms with Crippen LogP contribution >= 0.6 is 24.0 Å². The maximum absolute atomic E-state index is 5.98. The third kappa shape index (κ3) is 4.25. The highest BCUT2D eigenvalue weighted by molar-refractivity contribution is 14.0. The molecule has 0 saturated carbocycles. The highest BCUT2D eigenvalue weighted by atomic mass is 127. The Hall–Kier alpha value is -2.09. The zero-order valence-electron chi connectivity index (χ0n) is 14.1. The minimum Gasteiger partial charge on any atom is -0.370 e. The van der Waals surface area contributed by atoms with Crippen molar-refractivity contribution < 1.29 is 0 Å². The van der Waals surface area contributed by atoms with Gasteiger partial charge in [-0.1, -0.05) is 12.1 Å². The number of aliphatic imine (C=N–C) groups is 1. The van der Waals surface area contributed by atoms with Crippen LogP contribution in [-0.4, -0.2) is 15.3 Å². The van der Waals surface area contributed by atoms with Gasteiger partial charge in [0.15, 0.2) is 5.96 Å². The van der Waals surface area contributed by atoms with Gasteiger partial charge in [0.25, 0.3) is 0 Å². The van der Waals surface area contributed by atoms with Crippen molar-refractivity contribution in [3.63, 3.8) is 0 Å². The zero-order valence-corrected chi connectivity index (χ0v) is 16.4. The van der Waals surface area contributed by atoms with Crippen molar-refractivity contribution in [3.05, 3.63) is 65.1 Å². The van der Waals surface area contributed by atoms with Crippen molar-refractivity contribution >= 4 is 41.3 Å². The van der Waals surface area contributed by atoms with Crippen molar-refractivity contribution in [1.82, 2.24) is 9.38 Å². The lowest BCUT2D eigenvalue weighted by Crippen LogP contribution is -2.22. The second kappa shape index (κ2) is 7.65. The Balaban J connectivity index is 0.00000208. The summed E-state index contributed by atoms with van der Waals surface area (Å²) in [6, 6.07) is 12.3. The van der Waals surface area contributed by atoms with E-state index in [1.54, 1.807) is 0 Å². The predicted molar refractivity (Wildman–Crippen MR) is 110 cm³/mol. The van der Waals surface area contributed by atoms with Crippen LogP contribution in [0.4, 0.5) is 5.69 Å². The Labute approximate surface area is 159 Å². The number of imidazole rings is 1. The van der Waals surface area contributed by atoms with Crippen molar-refractivity contribution in [3.8, 4) is 0 Å². The van der Waals surface area contributed by atoms with E-state index < -0.39 is 0 Å². The number of nitrogens with one attached hydrogen (secondary N) is 1. The van der Waals surface area contributed by atoms with Gasteiger partial charge in [0.2, 0.25) is 0 Å². The first kappa shape index (κ1) is 18.3. The van der Waals surface area contributed by atoms with Gasteiger partial charge in [-0.3, -0.25) is 0 Å². The van der Waals surface area contributed by atoms with Crippen LogP contribution in [0.5, 0.6) is 0 Å². The molecule has 2 heterocycles. The summed E-state index contributed by atoms with van der Waals surface area (Å²) in [4.78, 5) is 8.93. The third-order valence-electron chi connectivity index (χ3n) is 3.65. The average Bonchev–Trinajstić information content (AvgIpc) is 2.88. The van der Waals surface area contributed by atoms with Crippen LogP contribution in [0, 0.1) is 20.8 Å².